The molecule has 2 heterocycles. The van der Waals surface area contributed by atoms with Gasteiger partial charge in [-0.25, -0.2) is 0 Å². The van der Waals surface area contributed by atoms with Crippen molar-refractivity contribution in [1.82, 2.24) is 5.32 Å². The molecule has 0 aliphatic heterocycles. The zero-order valence-electron chi connectivity index (χ0n) is 11.2. The molecule has 0 radical (unpaired) electrons. The molecule has 1 nitrogen and oxygen atoms in total. The van der Waals surface area contributed by atoms with Crippen molar-refractivity contribution in [3.63, 3.8) is 0 Å². The number of fused-ring (bicyclic) bond motifs is 1. The van der Waals surface area contributed by atoms with E-state index in [-0.39, 0.29) is 0 Å². The Hall–Kier alpha value is -0.870. The summed E-state index contributed by atoms with van der Waals surface area (Å²) in [6.07, 6.45) is 0.974. The van der Waals surface area contributed by atoms with E-state index in [4.69, 9.17) is 11.6 Å². The molecule has 0 saturated carbocycles. The fourth-order valence-corrected chi connectivity index (χ4v) is 4.78. The molecule has 0 aliphatic rings. The second kappa shape index (κ2) is 6.27. The summed E-state index contributed by atoms with van der Waals surface area (Å²) >= 11 is 9.79. The minimum atomic E-state index is 0.364. The molecule has 0 bridgehead atoms. The molecule has 3 rings (SSSR count). The summed E-state index contributed by atoms with van der Waals surface area (Å²) in [5.74, 6) is 0. The van der Waals surface area contributed by atoms with Crippen LogP contribution >= 0.6 is 34.3 Å². The normalized spacial score (nSPS) is 12.9. The monoisotopic (exact) mass is 321 g/mol. The summed E-state index contributed by atoms with van der Waals surface area (Å²) in [7, 11) is 0. The van der Waals surface area contributed by atoms with Gasteiger partial charge in [0.2, 0.25) is 0 Å². The van der Waals surface area contributed by atoms with E-state index in [1.807, 2.05) is 34.8 Å². The number of nitrogens with one attached hydrogen (secondary N) is 1. The van der Waals surface area contributed by atoms with E-state index in [9.17, 15) is 0 Å². The van der Waals surface area contributed by atoms with Gasteiger partial charge in [-0.15, -0.1) is 22.7 Å². The second-order valence-corrected chi connectivity index (χ2v) is 7.24. The van der Waals surface area contributed by atoms with Crippen LogP contribution in [0.15, 0.2) is 41.8 Å². The summed E-state index contributed by atoms with van der Waals surface area (Å²) < 4.78 is 2.78. The predicted octanol–water partition coefficient (Wildman–Crippen LogP) is 5.51. The minimum absolute atomic E-state index is 0.364. The third kappa shape index (κ3) is 3.07. The highest BCUT2D eigenvalue weighted by Crippen LogP contribution is 2.34. The number of likely N-dealkylation sites (N-methyl/N-ethyl adjacent to an activating group) is 1. The smallest absolute Gasteiger partial charge is 0.0456 e. The summed E-state index contributed by atoms with van der Waals surface area (Å²) in [5, 5.41) is 6.56. The lowest BCUT2D eigenvalue weighted by Crippen LogP contribution is -2.22. The molecule has 20 heavy (non-hydrogen) atoms. The molecule has 0 spiro atoms. The molecule has 4 heteroatoms. The van der Waals surface area contributed by atoms with E-state index in [0.29, 0.717) is 6.04 Å². The number of hydrogen-bond donors (Lipinski definition) is 1. The Kier molecular flexibility index (Phi) is 4.41. The summed E-state index contributed by atoms with van der Waals surface area (Å²) in [6, 6.07) is 13.0. The van der Waals surface area contributed by atoms with Crippen LogP contribution in [0, 0.1) is 0 Å². The van der Waals surface area contributed by atoms with Gasteiger partial charge in [-0.1, -0.05) is 30.7 Å². The van der Waals surface area contributed by atoms with Crippen LogP contribution in [-0.2, 0) is 6.42 Å². The van der Waals surface area contributed by atoms with Gasteiger partial charge < -0.3 is 5.32 Å². The quantitative estimate of drug-likeness (QED) is 0.653. The van der Waals surface area contributed by atoms with Crippen molar-refractivity contribution in [3.05, 3.63) is 57.2 Å². The van der Waals surface area contributed by atoms with E-state index < -0.39 is 0 Å². The maximum Gasteiger partial charge on any atom is 0.0456 e. The van der Waals surface area contributed by atoms with Gasteiger partial charge in [0, 0.05) is 25.3 Å². The average Bonchev–Trinajstić information content (AvgIpc) is 2.99. The van der Waals surface area contributed by atoms with E-state index >= 15 is 0 Å². The Morgan fingerprint density at radius 2 is 2.10 bits per heavy atom. The standard InChI is InChI=1S/C16H16ClNS2/c1-2-18-13(9-11-4-3-5-12(17)8-11)15-10-16-14(20-15)6-7-19-16/h3-8,10,13,18H,2,9H2,1H3. The molecule has 1 N–H and O–H groups in total. The Labute approximate surface area is 132 Å². The van der Waals surface area contributed by atoms with Crippen molar-refractivity contribution in [2.75, 3.05) is 6.54 Å². The molecule has 0 aliphatic carbocycles. The topological polar surface area (TPSA) is 12.0 Å². The van der Waals surface area contributed by atoms with Crippen LogP contribution in [0.2, 0.25) is 5.02 Å². The zero-order valence-corrected chi connectivity index (χ0v) is 13.6. The fraction of sp³-hybridized carbons (Fsp3) is 0.250. The maximum atomic E-state index is 6.08. The summed E-state index contributed by atoms with van der Waals surface area (Å²) in [5.41, 5.74) is 1.28. The van der Waals surface area contributed by atoms with Crippen molar-refractivity contribution >= 4 is 43.7 Å². The molecule has 3 aromatic rings. The molecule has 104 valence electrons. The zero-order chi connectivity index (χ0) is 13.9. The first-order valence-corrected chi connectivity index (χ1v) is 8.78. The second-order valence-electron chi connectivity index (χ2n) is 4.74. The van der Waals surface area contributed by atoms with Gasteiger partial charge in [0.1, 0.15) is 0 Å². The number of hydrogen-bond acceptors (Lipinski definition) is 3. The van der Waals surface area contributed by atoms with Crippen molar-refractivity contribution in [1.29, 1.82) is 0 Å². The molecule has 2 aromatic heterocycles. The van der Waals surface area contributed by atoms with Crippen molar-refractivity contribution in [2.24, 2.45) is 0 Å². The Morgan fingerprint density at radius 1 is 1.20 bits per heavy atom. The van der Waals surface area contributed by atoms with Gasteiger partial charge in [-0.05, 0) is 48.2 Å². The van der Waals surface area contributed by atoms with Crippen LogP contribution in [-0.4, -0.2) is 6.54 Å². The SMILES string of the molecule is CCNC(Cc1cccc(Cl)c1)c1cc2sccc2s1. The molecular formula is C16H16ClNS2. The van der Waals surface area contributed by atoms with E-state index in [1.54, 1.807) is 0 Å². The molecule has 1 aromatic carbocycles. The maximum absolute atomic E-state index is 6.08. The van der Waals surface area contributed by atoms with Gasteiger partial charge in [0.05, 0.1) is 0 Å². The van der Waals surface area contributed by atoms with Crippen LogP contribution in [0.3, 0.4) is 0 Å². The third-order valence-electron chi connectivity index (χ3n) is 3.28. The number of rotatable bonds is 5. The van der Waals surface area contributed by atoms with E-state index in [2.05, 4.69) is 41.9 Å². The van der Waals surface area contributed by atoms with Crippen LogP contribution in [0.5, 0.6) is 0 Å². The first kappa shape index (κ1) is 14.1. The van der Waals surface area contributed by atoms with Gasteiger partial charge in [0.25, 0.3) is 0 Å². The summed E-state index contributed by atoms with van der Waals surface area (Å²) in [4.78, 5) is 1.41. The predicted molar refractivity (Wildman–Crippen MR) is 91.3 cm³/mol. The lowest BCUT2D eigenvalue weighted by Gasteiger charge is -2.16. The Bertz CT molecular complexity index is 673. The molecule has 0 amide bonds. The molecule has 1 unspecified atom stereocenters. The van der Waals surface area contributed by atoms with Gasteiger partial charge in [0.15, 0.2) is 0 Å². The first-order valence-electron chi connectivity index (χ1n) is 6.71. The van der Waals surface area contributed by atoms with E-state index in [1.165, 1.54) is 19.8 Å². The summed E-state index contributed by atoms with van der Waals surface area (Å²) in [6.45, 7) is 3.12. The fourth-order valence-electron chi connectivity index (χ4n) is 2.38. The molecule has 0 fully saturated rings. The molecular weight excluding hydrogens is 306 g/mol. The average molecular weight is 322 g/mol. The highest BCUT2D eigenvalue weighted by Gasteiger charge is 2.15. The third-order valence-corrected chi connectivity index (χ3v) is 5.72. The van der Waals surface area contributed by atoms with Crippen LogP contribution in [0.1, 0.15) is 23.4 Å². The van der Waals surface area contributed by atoms with Crippen LogP contribution in [0.25, 0.3) is 9.40 Å². The largest absolute Gasteiger partial charge is 0.309 e. The van der Waals surface area contributed by atoms with Crippen LogP contribution in [0.4, 0.5) is 0 Å². The molecule has 1 atom stereocenters. The Balaban J connectivity index is 1.86. The highest BCUT2D eigenvalue weighted by atomic mass is 35.5. The number of benzene rings is 1. The minimum Gasteiger partial charge on any atom is -0.309 e. The van der Waals surface area contributed by atoms with E-state index in [0.717, 1.165) is 18.0 Å². The van der Waals surface area contributed by atoms with Gasteiger partial charge in [-0.2, -0.15) is 0 Å². The number of thiophene rings is 2. The van der Waals surface area contributed by atoms with Crippen LogP contribution < -0.4 is 5.32 Å². The van der Waals surface area contributed by atoms with Crippen molar-refractivity contribution < 1.29 is 0 Å². The first-order chi connectivity index (χ1) is 9.76. The van der Waals surface area contributed by atoms with Crippen molar-refractivity contribution in [2.45, 2.75) is 19.4 Å². The highest BCUT2D eigenvalue weighted by molar-refractivity contribution is 7.26. The molecule has 0 saturated heterocycles. The van der Waals surface area contributed by atoms with Gasteiger partial charge in [-0.3, -0.25) is 0 Å². The Morgan fingerprint density at radius 3 is 2.85 bits per heavy atom. The number of halogens is 1. The van der Waals surface area contributed by atoms with Crippen molar-refractivity contribution in [3.8, 4) is 0 Å². The van der Waals surface area contributed by atoms with Gasteiger partial charge >= 0.3 is 0 Å². The lowest BCUT2D eigenvalue weighted by molar-refractivity contribution is 0.558. The lowest BCUT2D eigenvalue weighted by atomic mass is 10.0.